The number of carbonyl (C=O) groups is 1. The van der Waals surface area contributed by atoms with Gasteiger partial charge in [0, 0.05) is 0 Å². The molecule has 3 rings (SSSR count). The molecule has 0 aliphatic heterocycles. The summed E-state index contributed by atoms with van der Waals surface area (Å²) >= 11 is 0. The number of aliphatic carboxylic acids is 1. The van der Waals surface area contributed by atoms with Crippen LogP contribution in [-0.4, -0.2) is 16.7 Å². The van der Waals surface area contributed by atoms with E-state index < -0.39 is 11.6 Å². The first kappa shape index (κ1) is 23.8. The van der Waals surface area contributed by atoms with Crippen molar-refractivity contribution in [3.63, 3.8) is 0 Å². The molecule has 30 heavy (non-hydrogen) atoms. The number of carboxylic acids is 1. The molecule has 3 nitrogen and oxygen atoms in total. The Balaban J connectivity index is 0.00000320. The van der Waals surface area contributed by atoms with Crippen molar-refractivity contribution in [1.29, 1.82) is 0 Å². The number of carboxylic acid groups (broad SMARTS) is 1. The second-order valence-corrected chi connectivity index (χ2v) is 8.28. The number of hydrogen-bond acceptors (Lipinski definition) is 2. The van der Waals surface area contributed by atoms with Crippen LogP contribution in [0.15, 0.2) is 66.7 Å². The summed E-state index contributed by atoms with van der Waals surface area (Å²) in [6, 6.07) is 23.0. The Labute approximate surface area is 185 Å². The minimum absolute atomic E-state index is 0. The number of benzene rings is 3. The second kappa shape index (κ2) is 10.5. The van der Waals surface area contributed by atoms with E-state index in [4.69, 9.17) is 9.84 Å². The number of halogens is 1. The van der Waals surface area contributed by atoms with E-state index in [9.17, 15) is 4.79 Å². The van der Waals surface area contributed by atoms with E-state index in [0.29, 0.717) is 11.7 Å². The molecule has 0 fully saturated rings. The maximum Gasteiger partial charge on any atom is 0.347 e. The quantitative estimate of drug-likeness (QED) is 0.374. The summed E-state index contributed by atoms with van der Waals surface area (Å²) in [6.45, 7) is 5.43. The van der Waals surface area contributed by atoms with E-state index in [1.54, 1.807) is 13.8 Å². The molecule has 1 atom stereocenters. The predicted octanol–water partition coefficient (Wildman–Crippen LogP) is 7.02. The number of rotatable bonds is 9. The lowest BCUT2D eigenvalue weighted by atomic mass is 9.90. The van der Waals surface area contributed by atoms with Gasteiger partial charge in [-0.3, -0.25) is 0 Å². The van der Waals surface area contributed by atoms with E-state index in [2.05, 4.69) is 49.4 Å². The summed E-state index contributed by atoms with van der Waals surface area (Å²) in [4.78, 5) is 11.2. The highest BCUT2D eigenvalue weighted by Crippen LogP contribution is 2.29. The van der Waals surface area contributed by atoms with Crippen LogP contribution >= 0.6 is 12.4 Å². The van der Waals surface area contributed by atoms with Gasteiger partial charge in [-0.2, -0.15) is 0 Å². The van der Waals surface area contributed by atoms with Crippen molar-refractivity contribution in [2.45, 2.75) is 58.0 Å². The Morgan fingerprint density at radius 1 is 0.967 bits per heavy atom. The molecule has 0 radical (unpaired) electrons. The van der Waals surface area contributed by atoms with Crippen LogP contribution < -0.4 is 4.74 Å². The Morgan fingerprint density at radius 2 is 1.63 bits per heavy atom. The summed E-state index contributed by atoms with van der Waals surface area (Å²) in [5.74, 6) is 0.155. The molecule has 1 N–H and O–H groups in total. The van der Waals surface area contributed by atoms with Crippen molar-refractivity contribution in [2.75, 3.05) is 0 Å². The number of ether oxygens (including phenoxy) is 1. The molecule has 0 aliphatic carbocycles. The van der Waals surface area contributed by atoms with E-state index >= 15 is 0 Å². The molecular formula is C26H31ClO3. The van der Waals surface area contributed by atoms with Crippen LogP contribution in [-0.2, 0) is 11.2 Å². The fraction of sp³-hybridized carbons (Fsp3) is 0.346. The van der Waals surface area contributed by atoms with Gasteiger partial charge in [-0.15, -0.1) is 12.4 Å². The zero-order valence-electron chi connectivity index (χ0n) is 17.9. The largest absolute Gasteiger partial charge is 0.478 e. The zero-order chi connectivity index (χ0) is 20.9. The van der Waals surface area contributed by atoms with Crippen molar-refractivity contribution in [1.82, 2.24) is 0 Å². The van der Waals surface area contributed by atoms with Crippen molar-refractivity contribution in [3.8, 4) is 5.75 Å². The van der Waals surface area contributed by atoms with E-state index in [1.165, 1.54) is 34.7 Å². The molecule has 0 spiro atoms. The molecule has 0 aliphatic rings. The second-order valence-electron chi connectivity index (χ2n) is 8.28. The molecule has 0 saturated carbocycles. The lowest BCUT2D eigenvalue weighted by Crippen LogP contribution is -2.37. The van der Waals surface area contributed by atoms with Gasteiger partial charge < -0.3 is 9.84 Å². The van der Waals surface area contributed by atoms with Crippen LogP contribution in [0.3, 0.4) is 0 Å². The molecule has 4 heteroatoms. The first-order chi connectivity index (χ1) is 13.9. The van der Waals surface area contributed by atoms with Crippen LogP contribution in [0.25, 0.3) is 10.8 Å². The third kappa shape index (κ3) is 5.99. The topological polar surface area (TPSA) is 46.5 Å². The van der Waals surface area contributed by atoms with E-state index in [1.807, 2.05) is 24.3 Å². The molecule has 3 aromatic rings. The van der Waals surface area contributed by atoms with Crippen LogP contribution in [0.4, 0.5) is 0 Å². The minimum atomic E-state index is -1.22. The first-order valence-corrected chi connectivity index (χ1v) is 10.4. The van der Waals surface area contributed by atoms with Gasteiger partial charge in [-0.05, 0) is 73.1 Å². The fourth-order valence-electron chi connectivity index (χ4n) is 3.68. The number of hydrogen-bond donors (Lipinski definition) is 1. The van der Waals surface area contributed by atoms with Crippen molar-refractivity contribution >= 4 is 29.1 Å². The highest BCUT2D eigenvalue weighted by atomic mass is 35.5. The van der Waals surface area contributed by atoms with Crippen LogP contribution in [0.5, 0.6) is 5.75 Å². The fourth-order valence-corrected chi connectivity index (χ4v) is 3.68. The number of unbranched alkanes of at least 4 members (excludes halogenated alkanes) is 1. The maximum absolute atomic E-state index is 11.2. The molecular weight excluding hydrogens is 396 g/mol. The van der Waals surface area contributed by atoms with E-state index in [0.717, 1.165) is 12.8 Å². The third-order valence-electron chi connectivity index (χ3n) is 5.52. The molecule has 160 valence electrons. The van der Waals surface area contributed by atoms with Gasteiger partial charge >= 0.3 is 5.97 Å². The predicted molar refractivity (Wildman–Crippen MR) is 126 cm³/mol. The van der Waals surface area contributed by atoms with Gasteiger partial charge in [-0.1, -0.05) is 67.9 Å². The molecule has 0 bridgehead atoms. The molecule has 0 unspecified atom stereocenters. The number of fused-ring (bicyclic) bond motifs is 1. The normalized spacial score (nSPS) is 12.2. The van der Waals surface area contributed by atoms with Crippen molar-refractivity contribution in [2.24, 2.45) is 0 Å². The van der Waals surface area contributed by atoms with Crippen LogP contribution in [0, 0.1) is 0 Å². The summed E-state index contributed by atoms with van der Waals surface area (Å²) in [5, 5.41) is 11.8. The van der Waals surface area contributed by atoms with Crippen LogP contribution in [0.2, 0.25) is 0 Å². The molecule has 3 aromatic carbocycles. The first-order valence-electron chi connectivity index (χ1n) is 10.4. The van der Waals surface area contributed by atoms with Gasteiger partial charge in [0.2, 0.25) is 0 Å². The lowest BCUT2D eigenvalue weighted by molar-refractivity contribution is -0.152. The Hall–Kier alpha value is -2.52. The van der Waals surface area contributed by atoms with Gasteiger partial charge in [0.25, 0.3) is 0 Å². The van der Waals surface area contributed by atoms with Gasteiger partial charge in [-0.25, -0.2) is 4.79 Å². The molecule has 0 saturated heterocycles. The van der Waals surface area contributed by atoms with Gasteiger partial charge in [0.15, 0.2) is 5.60 Å². The van der Waals surface area contributed by atoms with Gasteiger partial charge in [0.1, 0.15) is 5.75 Å². The Bertz CT molecular complexity index is 958. The highest BCUT2D eigenvalue weighted by Gasteiger charge is 2.29. The average molecular weight is 427 g/mol. The smallest absolute Gasteiger partial charge is 0.347 e. The summed E-state index contributed by atoms with van der Waals surface area (Å²) < 4.78 is 5.56. The van der Waals surface area contributed by atoms with Crippen molar-refractivity contribution < 1.29 is 14.6 Å². The highest BCUT2D eigenvalue weighted by molar-refractivity contribution is 5.86. The summed E-state index contributed by atoms with van der Waals surface area (Å²) in [5.41, 5.74) is 1.47. The summed E-state index contributed by atoms with van der Waals surface area (Å²) in [7, 11) is 0. The standard InChI is InChI=1S/C26H30O3.ClH/c1-19(23-14-8-12-21-11-6-7-13-24(21)23)9-4-5-10-20-15-17-22(18-16-20)29-26(2,3)25(27)28;/h6-8,11-19H,4-5,9-10H2,1-3H3,(H,27,28);1H/t19-;/m0./s1. The maximum atomic E-state index is 11.2. The van der Waals surface area contributed by atoms with Crippen LogP contribution in [0.1, 0.15) is 57.1 Å². The Kier molecular flexibility index (Phi) is 8.31. The summed E-state index contributed by atoms with van der Waals surface area (Å²) in [6.07, 6.45) is 4.50. The molecule has 0 aromatic heterocycles. The lowest BCUT2D eigenvalue weighted by Gasteiger charge is -2.21. The molecule has 0 amide bonds. The zero-order valence-corrected chi connectivity index (χ0v) is 18.7. The third-order valence-corrected chi connectivity index (χ3v) is 5.52. The minimum Gasteiger partial charge on any atom is -0.478 e. The Morgan fingerprint density at radius 3 is 2.33 bits per heavy atom. The number of aryl methyl sites for hydroxylation is 1. The van der Waals surface area contributed by atoms with E-state index in [-0.39, 0.29) is 12.4 Å². The molecule has 0 heterocycles. The SMILES string of the molecule is C[C@@H](CCCCc1ccc(OC(C)(C)C(=O)O)cc1)c1cccc2ccccc12.Cl. The monoisotopic (exact) mass is 426 g/mol. The van der Waals surface area contributed by atoms with Gasteiger partial charge in [0.05, 0.1) is 0 Å². The van der Waals surface area contributed by atoms with Crippen molar-refractivity contribution in [3.05, 3.63) is 77.9 Å². The average Bonchev–Trinajstić information content (AvgIpc) is 2.71.